The van der Waals surface area contributed by atoms with Crippen LogP contribution in [0.1, 0.15) is 26.3 Å². The molecule has 0 heterocycles. The van der Waals surface area contributed by atoms with E-state index in [1.165, 1.54) is 11.3 Å². The Kier molecular flexibility index (Phi) is 5.49. The number of benzene rings is 1. The second-order valence-electron chi connectivity index (χ2n) is 5.06. The van der Waals surface area contributed by atoms with Gasteiger partial charge in [-0.25, -0.2) is 0 Å². The summed E-state index contributed by atoms with van der Waals surface area (Å²) in [6.07, 6.45) is 0. The fourth-order valence-corrected chi connectivity index (χ4v) is 2.16. The minimum Gasteiger partial charge on any atom is -0.371 e. The number of anilines is 1. The highest BCUT2D eigenvalue weighted by Crippen LogP contribution is 2.22. The van der Waals surface area contributed by atoms with Crippen LogP contribution in [-0.4, -0.2) is 19.6 Å². The average molecular weight is 234 g/mol. The van der Waals surface area contributed by atoms with Crippen molar-refractivity contribution in [3.63, 3.8) is 0 Å². The summed E-state index contributed by atoms with van der Waals surface area (Å²) in [6.45, 7) is 11.7. The molecule has 2 N–H and O–H groups in total. The third-order valence-electron chi connectivity index (χ3n) is 3.54. The summed E-state index contributed by atoms with van der Waals surface area (Å²) in [7, 11) is 0. The Morgan fingerprint density at radius 2 is 1.88 bits per heavy atom. The molecule has 0 radical (unpaired) electrons. The van der Waals surface area contributed by atoms with Gasteiger partial charge in [-0.2, -0.15) is 0 Å². The minimum absolute atomic E-state index is 0.564. The van der Waals surface area contributed by atoms with Crippen LogP contribution in [-0.2, 0) is 0 Å². The summed E-state index contributed by atoms with van der Waals surface area (Å²) in [5.41, 5.74) is 8.55. The molecule has 2 nitrogen and oxygen atoms in total. The highest BCUT2D eigenvalue weighted by molar-refractivity contribution is 5.52. The summed E-state index contributed by atoms with van der Waals surface area (Å²) >= 11 is 0. The number of hydrogen-bond donors (Lipinski definition) is 1. The number of hydrogen-bond acceptors (Lipinski definition) is 2. The lowest BCUT2D eigenvalue weighted by Gasteiger charge is -2.30. The van der Waals surface area contributed by atoms with Gasteiger partial charge in [0, 0.05) is 18.8 Å². The maximum absolute atomic E-state index is 5.87. The molecule has 1 unspecified atom stereocenters. The number of aryl methyl sites for hydroxylation is 1. The predicted molar refractivity (Wildman–Crippen MR) is 76.4 cm³/mol. The summed E-state index contributed by atoms with van der Waals surface area (Å²) in [6, 6.07) is 8.57. The average Bonchev–Trinajstić information content (AvgIpc) is 2.31. The van der Waals surface area contributed by atoms with Crippen molar-refractivity contribution in [1.29, 1.82) is 0 Å². The highest BCUT2D eigenvalue weighted by atomic mass is 15.1. The van der Waals surface area contributed by atoms with Crippen molar-refractivity contribution < 1.29 is 0 Å². The van der Waals surface area contributed by atoms with Gasteiger partial charge in [-0.3, -0.25) is 0 Å². The van der Waals surface area contributed by atoms with Crippen molar-refractivity contribution in [1.82, 2.24) is 0 Å². The molecule has 1 atom stereocenters. The first-order valence-corrected chi connectivity index (χ1v) is 6.60. The van der Waals surface area contributed by atoms with E-state index >= 15 is 0 Å². The molecule has 0 aliphatic rings. The van der Waals surface area contributed by atoms with Crippen LogP contribution < -0.4 is 10.6 Å². The first-order valence-electron chi connectivity index (χ1n) is 6.60. The molecule has 1 aromatic carbocycles. The molecule has 17 heavy (non-hydrogen) atoms. The molecule has 0 fully saturated rings. The lowest BCUT2D eigenvalue weighted by molar-refractivity contribution is 0.393. The second kappa shape index (κ2) is 6.65. The van der Waals surface area contributed by atoms with Crippen LogP contribution in [0.25, 0.3) is 0 Å². The Morgan fingerprint density at radius 1 is 1.24 bits per heavy atom. The lowest BCUT2D eigenvalue weighted by atomic mass is 9.95. The fraction of sp³-hybridized carbons (Fsp3) is 0.600. The van der Waals surface area contributed by atoms with E-state index < -0.39 is 0 Å². The van der Waals surface area contributed by atoms with Crippen LogP contribution in [0.4, 0.5) is 5.69 Å². The van der Waals surface area contributed by atoms with Crippen molar-refractivity contribution in [2.75, 3.05) is 24.5 Å². The maximum atomic E-state index is 5.87. The van der Waals surface area contributed by atoms with E-state index in [0.717, 1.165) is 19.6 Å². The van der Waals surface area contributed by atoms with Crippen LogP contribution in [0.2, 0.25) is 0 Å². The zero-order valence-electron chi connectivity index (χ0n) is 11.6. The zero-order chi connectivity index (χ0) is 12.8. The molecule has 0 spiro atoms. The number of nitrogens with zero attached hydrogens (tertiary/aromatic N) is 1. The molecule has 96 valence electrons. The molecule has 1 aromatic rings. The molecule has 0 amide bonds. The molecule has 0 aromatic heterocycles. The Hall–Kier alpha value is -1.02. The first kappa shape index (κ1) is 14.0. The topological polar surface area (TPSA) is 29.3 Å². The third-order valence-corrected chi connectivity index (χ3v) is 3.54. The monoisotopic (exact) mass is 234 g/mol. The van der Waals surface area contributed by atoms with Gasteiger partial charge in [-0.15, -0.1) is 0 Å². The normalized spacial score (nSPS) is 12.8. The summed E-state index contributed by atoms with van der Waals surface area (Å²) < 4.78 is 0. The van der Waals surface area contributed by atoms with E-state index in [-0.39, 0.29) is 0 Å². The molecule has 0 aliphatic heterocycles. The molecule has 2 heteroatoms. The Bertz CT molecular complexity index is 333. The Morgan fingerprint density at radius 3 is 2.35 bits per heavy atom. The summed E-state index contributed by atoms with van der Waals surface area (Å²) in [5, 5.41) is 0. The summed E-state index contributed by atoms with van der Waals surface area (Å²) in [5.74, 6) is 1.20. The van der Waals surface area contributed by atoms with Gasteiger partial charge in [0.15, 0.2) is 0 Å². The van der Waals surface area contributed by atoms with Gasteiger partial charge in [0.1, 0.15) is 0 Å². The van der Waals surface area contributed by atoms with Crippen molar-refractivity contribution in [2.45, 2.75) is 27.7 Å². The Balaban J connectivity index is 2.82. The number of rotatable bonds is 6. The largest absolute Gasteiger partial charge is 0.371 e. The lowest BCUT2D eigenvalue weighted by Crippen LogP contribution is -2.35. The van der Waals surface area contributed by atoms with Gasteiger partial charge in [0.25, 0.3) is 0 Å². The maximum Gasteiger partial charge on any atom is 0.0395 e. The van der Waals surface area contributed by atoms with Gasteiger partial charge in [-0.05, 0) is 43.9 Å². The van der Waals surface area contributed by atoms with E-state index in [2.05, 4.69) is 56.9 Å². The van der Waals surface area contributed by atoms with Crippen LogP contribution in [0.3, 0.4) is 0 Å². The van der Waals surface area contributed by atoms with Crippen LogP contribution in [0.5, 0.6) is 0 Å². The molecule has 0 saturated heterocycles. The second-order valence-corrected chi connectivity index (χ2v) is 5.06. The molecule has 0 bridgehead atoms. The van der Waals surface area contributed by atoms with Crippen molar-refractivity contribution >= 4 is 5.69 Å². The van der Waals surface area contributed by atoms with Gasteiger partial charge in [-0.1, -0.05) is 32.0 Å². The van der Waals surface area contributed by atoms with Crippen LogP contribution in [0.15, 0.2) is 24.3 Å². The third kappa shape index (κ3) is 3.74. The zero-order valence-corrected chi connectivity index (χ0v) is 11.6. The SMILES string of the molecule is CCN(CC(CN)C(C)C)c1ccccc1C. The van der Waals surface area contributed by atoms with Crippen LogP contribution in [0, 0.1) is 18.8 Å². The van der Waals surface area contributed by atoms with E-state index in [4.69, 9.17) is 5.73 Å². The first-order chi connectivity index (χ1) is 8.10. The van der Waals surface area contributed by atoms with E-state index in [1.54, 1.807) is 0 Å². The fourth-order valence-electron chi connectivity index (χ4n) is 2.16. The molecular weight excluding hydrogens is 208 g/mol. The van der Waals surface area contributed by atoms with Gasteiger partial charge < -0.3 is 10.6 Å². The van der Waals surface area contributed by atoms with Gasteiger partial charge >= 0.3 is 0 Å². The number of para-hydroxylation sites is 1. The summed E-state index contributed by atoms with van der Waals surface area (Å²) in [4.78, 5) is 2.44. The van der Waals surface area contributed by atoms with Crippen molar-refractivity contribution in [3.8, 4) is 0 Å². The smallest absolute Gasteiger partial charge is 0.0395 e. The van der Waals surface area contributed by atoms with Crippen LogP contribution >= 0.6 is 0 Å². The highest BCUT2D eigenvalue weighted by Gasteiger charge is 2.16. The van der Waals surface area contributed by atoms with E-state index in [0.29, 0.717) is 11.8 Å². The molecular formula is C15H26N2. The Labute approximate surface area is 106 Å². The molecule has 0 saturated carbocycles. The van der Waals surface area contributed by atoms with Crippen molar-refractivity contribution in [3.05, 3.63) is 29.8 Å². The minimum atomic E-state index is 0.564. The van der Waals surface area contributed by atoms with Crippen molar-refractivity contribution in [2.24, 2.45) is 17.6 Å². The van der Waals surface area contributed by atoms with E-state index in [1.807, 2.05) is 0 Å². The number of nitrogens with two attached hydrogens (primary N) is 1. The molecule has 0 aliphatic carbocycles. The quantitative estimate of drug-likeness (QED) is 0.819. The standard InChI is InChI=1S/C15H26N2/c1-5-17(11-14(10-16)12(2)3)15-9-7-6-8-13(15)4/h6-9,12,14H,5,10-11,16H2,1-4H3. The van der Waals surface area contributed by atoms with Gasteiger partial charge in [0.05, 0.1) is 0 Å². The van der Waals surface area contributed by atoms with Gasteiger partial charge in [0.2, 0.25) is 0 Å². The van der Waals surface area contributed by atoms with E-state index in [9.17, 15) is 0 Å². The predicted octanol–water partition coefficient (Wildman–Crippen LogP) is 3.05. The molecule has 1 rings (SSSR count).